The van der Waals surface area contributed by atoms with Crippen LogP contribution in [0.5, 0.6) is 0 Å². The highest BCUT2D eigenvalue weighted by molar-refractivity contribution is 7.14. The fourth-order valence-electron chi connectivity index (χ4n) is 4.86. The number of thiazole rings is 1. The summed E-state index contributed by atoms with van der Waals surface area (Å²) >= 11 is 1.06. The van der Waals surface area contributed by atoms with Gasteiger partial charge in [-0.2, -0.15) is 4.98 Å². The van der Waals surface area contributed by atoms with Gasteiger partial charge in [0.05, 0.1) is 11.5 Å². The summed E-state index contributed by atoms with van der Waals surface area (Å²) in [6, 6.07) is 6.43. The van der Waals surface area contributed by atoms with Crippen molar-refractivity contribution in [2.24, 2.45) is 0 Å². The molecule has 1 aliphatic heterocycles. The van der Waals surface area contributed by atoms with Gasteiger partial charge < -0.3 is 20.7 Å². The topological polar surface area (TPSA) is 184 Å². The van der Waals surface area contributed by atoms with E-state index in [-0.39, 0.29) is 46.8 Å². The van der Waals surface area contributed by atoms with E-state index in [4.69, 9.17) is 4.74 Å². The van der Waals surface area contributed by atoms with E-state index >= 15 is 0 Å². The van der Waals surface area contributed by atoms with Crippen molar-refractivity contribution < 1.29 is 24.5 Å². The second-order valence-electron chi connectivity index (χ2n) is 10.8. The molecule has 0 spiro atoms. The van der Waals surface area contributed by atoms with Gasteiger partial charge in [0, 0.05) is 33.8 Å². The number of benzene rings is 1. The molecule has 4 rings (SSSR count). The third-order valence-corrected chi connectivity index (χ3v) is 7.27. The number of hydrogen-bond donors (Lipinski definition) is 3. The lowest BCUT2D eigenvalue weighted by atomic mass is 9.79. The molecule has 1 radical (unpaired) electrons. The lowest BCUT2D eigenvalue weighted by molar-refractivity contribution is -0.384. The standard InChI is InChI=1S/C26H31N8O6S/c1-6-40-22(36)18-14-41-24(30-18)32-20-19(33(37)38)13-27-23(31-20)29-16-9-7-15(8-10-16)21(35)28-17-11-25(2,3)34(39)26(4,5)12-17/h7-10,13-14,17H,6,11-12H2,1-5H3,(H,28,35)(H2,27,29,30,31,32). The zero-order valence-electron chi connectivity index (χ0n) is 23.3. The zero-order valence-corrected chi connectivity index (χ0v) is 24.1. The van der Waals surface area contributed by atoms with E-state index in [9.17, 15) is 24.9 Å². The summed E-state index contributed by atoms with van der Waals surface area (Å²) in [4.78, 5) is 48.0. The van der Waals surface area contributed by atoms with Crippen molar-refractivity contribution >= 4 is 51.5 Å². The minimum Gasteiger partial charge on any atom is -0.461 e. The van der Waals surface area contributed by atoms with Crippen LogP contribution in [-0.2, 0) is 9.94 Å². The summed E-state index contributed by atoms with van der Waals surface area (Å²) in [6.45, 7) is 9.36. The average molecular weight is 584 g/mol. The first kappa shape index (κ1) is 29.8. The SMILES string of the molecule is CCOC(=O)c1csc(Nc2nc(Nc3ccc(C(=O)NC4CC(C)(C)N([O])C(C)(C)C4)cc3)ncc2[N+](=O)[O-])n1. The minimum absolute atomic E-state index is 0.0614. The van der Waals surface area contributed by atoms with Crippen LogP contribution in [0.2, 0.25) is 0 Å². The predicted molar refractivity (Wildman–Crippen MR) is 151 cm³/mol. The number of hydrogen-bond acceptors (Lipinski definition) is 12. The molecule has 3 N–H and O–H groups in total. The lowest BCUT2D eigenvalue weighted by Gasteiger charge is -2.50. The second-order valence-corrected chi connectivity index (χ2v) is 11.6. The van der Waals surface area contributed by atoms with Crippen LogP contribution in [0.15, 0.2) is 35.8 Å². The number of aromatic nitrogens is 3. The molecule has 1 aliphatic rings. The Morgan fingerprint density at radius 2 is 1.78 bits per heavy atom. The Balaban J connectivity index is 1.44. The maximum atomic E-state index is 12.9. The number of anilines is 4. The van der Waals surface area contributed by atoms with Crippen LogP contribution in [0.3, 0.4) is 0 Å². The molecule has 2 aromatic heterocycles. The van der Waals surface area contributed by atoms with Crippen LogP contribution in [0.1, 0.15) is 68.3 Å². The Kier molecular flexibility index (Phi) is 8.51. The van der Waals surface area contributed by atoms with E-state index in [2.05, 4.69) is 30.9 Å². The second kappa shape index (κ2) is 11.7. The van der Waals surface area contributed by atoms with Gasteiger partial charge in [0.2, 0.25) is 11.8 Å². The molecule has 1 saturated heterocycles. The lowest BCUT2D eigenvalue weighted by Crippen LogP contribution is -2.62. The molecule has 41 heavy (non-hydrogen) atoms. The number of nitrogens with zero attached hydrogens (tertiary/aromatic N) is 5. The first-order valence-electron chi connectivity index (χ1n) is 12.9. The molecule has 15 heteroatoms. The molecule has 0 saturated carbocycles. The van der Waals surface area contributed by atoms with Crippen molar-refractivity contribution in [1.29, 1.82) is 0 Å². The van der Waals surface area contributed by atoms with Gasteiger partial charge in [-0.25, -0.2) is 14.8 Å². The van der Waals surface area contributed by atoms with Crippen LogP contribution < -0.4 is 16.0 Å². The molecule has 14 nitrogen and oxygen atoms in total. The molecule has 0 bridgehead atoms. The van der Waals surface area contributed by atoms with E-state index in [0.29, 0.717) is 24.1 Å². The van der Waals surface area contributed by atoms with Crippen LogP contribution in [0.4, 0.5) is 28.3 Å². The molecule has 1 aromatic carbocycles. The van der Waals surface area contributed by atoms with Crippen molar-refractivity contribution in [3.63, 3.8) is 0 Å². The van der Waals surface area contributed by atoms with Crippen LogP contribution in [-0.4, -0.2) is 60.5 Å². The maximum Gasteiger partial charge on any atom is 0.357 e. The Morgan fingerprint density at radius 1 is 1.12 bits per heavy atom. The highest BCUT2D eigenvalue weighted by Gasteiger charge is 2.46. The zero-order chi connectivity index (χ0) is 29.9. The number of rotatable bonds is 9. The number of carbonyl (C=O) groups is 2. The summed E-state index contributed by atoms with van der Waals surface area (Å²) in [6.07, 6.45) is 2.12. The van der Waals surface area contributed by atoms with Gasteiger partial charge in [-0.1, -0.05) is 0 Å². The van der Waals surface area contributed by atoms with Gasteiger partial charge in [-0.05, 0) is 71.7 Å². The molecular weight excluding hydrogens is 552 g/mol. The van der Waals surface area contributed by atoms with E-state index in [1.54, 1.807) is 31.2 Å². The smallest absolute Gasteiger partial charge is 0.357 e. The Hall–Kier alpha value is -4.21. The molecule has 0 aliphatic carbocycles. The van der Waals surface area contributed by atoms with E-state index in [1.807, 2.05) is 27.7 Å². The van der Waals surface area contributed by atoms with Crippen molar-refractivity contribution in [3.05, 3.63) is 57.2 Å². The van der Waals surface area contributed by atoms with Gasteiger partial charge in [0.25, 0.3) is 5.91 Å². The number of piperidine rings is 1. The monoisotopic (exact) mass is 583 g/mol. The number of ether oxygens (including phenoxy) is 1. The van der Waals surface area contributed by atoms with E-state index < -0.39 is 22.0 Å². The number of amides is 1. The summed E-state index contributed by atoms with van der Waals surface area (Å²) in [5.74, 6) is -0.917. The third-order valence-electron chi connectivity index (χ3n) is 6.51. The van der Waals surface area contributed by atoms with Crippen LogP contribution in [0, 0.1) is 10.1 Å². The highest BCUT2D eigenvalue weighted by atomic mass is 32.1. The molecule has 217 valence electrons. The van der Waals surface area contributed by atoms with Gasteiger partial charge in [0.15, 0.2) is 10.8 Å². The Bertz CT molecular complexity index is 1420. The number of esters is 1. The van der Waals surface area contributed by atoms with Gasteiger partial charge >= 0.3 is 11.7 Å². The highest BCUT2D eigenvalue weighted by Crippen LogP contribution is 2.37. The summed E-state index contributed by atoms with van der Waals surface area (Å²) < 4.78 is 4.92. The Labute approximate surface area is 240 Å². The number of carbonyl (C=O) groups excluding carboxylic acids is 2. The Morgan fingerprint density at radius 3 is 2.39 bits per heavy atom. The molecule has 1 fully saturated rings. The molecular formula is C26H31N8O6S. The molecule has 1 amide bonds. The fraction of sp³-hybridized carbons (Fsp3) is 0.423. The van der Waals surface area contributed by atoms with E-state index in [0.717, 1.165) is 22.6 Å². The minimum atomic E-state index is -0.636. The summed E-state index contributed by atoms with van der Waals surface area (Å²) in [5, 5.41) is 35.7. The van der Waals surface area contributed by atoms with Crippen molar-refractivity contribution in [2.45, 2.75) is 64.6 Å². The van der Waals surface area contributed by atoms with Gasteiger partial charge in [-0.15, -0.1) is 21.6 Å². The average Bonchev–Trinajstić information content (AvgIpc) is 3.36. The van der Waals surface area contributed by atoms with Crippen LogP contribution >= 0.6 is 11.3 Å². The van der Waals surface area contributed by atoms with Crippen molar-refractivity contribution in [1.82, 2.24) is 25.3 Å². The first-order valence-corrected chi connectivity index (χ1v) is 13.7. The summed E-state index contributed by atoms with van der Waals surface area (Å²) in [7, 11) is 0. The van der Waals surface area contributed by atoms with Crippen molar-refractivity contribution in [3.8, 4) is 0 Å². The van der Waals surface area contributed by atoms with Crippen molar-refractivity contribution in [2.75, 3.05) is 17.2 Å². The molecule has 3 aromatic rings. The maximum absolute atomic E-state index is 12.9. The molecule has 3 heterocycles. The number of nitro groups is 1. The largest absolute Gasteiger partial charge is 0.461 e. The van der Waals surface area contributed by atoms with Crippen LogP contribution in [0.25, 0.3) is 0 Å². The molecule has 0 unspecified atom stereocenters. The third kappa shape index (κ3) is 6.93. The van der Waals surface area contributed by atoms with Gasteiger partial charge in [-0.3, -0.25) is 14.9 Å². The summed E-state index contributed by atoms with van der Waals surface area (Å²) in [5.41, 5.74) is -0.541. The van der Waals surface area contributed by atoms with E-state index in [1.165, 1.54) is 5.38 Å². The number of hydroxylamine groups is 2. The molecule has 0 atom stereocenters. The van der Waals surface area contributed by atoms with Gasteiger partial charge in [0.1, 0.15) is 6.20 Å². The predicted octanol–water partition coefficient (Wildman–Crippen LogP) is 4.60. The first-order chi connectivity index (χ1) is 19.3. The number of nitrogens with one attached hydrogen (secondary N) is 3. The fourth-order valence-corrected chi connectivity index (χ4v) is 5.54. The quantitative estimate of drug-likeness (QED) is 0.182. The normalized spacial score (nSPS) is 16.5.